The van der Waals surface area contributed by atoms with E-state index in [2.05, 4.69) is 11.0 Å². The summed E-state index contributed by atoms with van der Waals surface area (Å²) in [6.45, 7) is 2.92. The van der Waals surface area contributed by atoms with Gasteiger partial charge in [0, 0.05) is 13.1 Å². The molecule has 1 aliphatic rings. The van der Waals surface area contributed by atoms with E-state index in [0.717, 1.165) is 25.4 Å². The molecule has 1 saturated heterocycles. The van der Waals surface area contributed by atoms with Crippen LogP contribution in [0.25, 0.3) is 0 Å². The summed E-state index contributed by atoms with van der Waals surface area (Å²) in [5.41, 5.74) is 6.88. The van der Waals surface area contributed by atoms with Gasteiger partial charge in [0.15, 0.2) is 0 Å². The van der Waals surface area contributed by atoms with Crippen LogP contribution in [0.3, 0.4) is 0 Å². The maximum atomic E-state index is 5.69. The van der Waals surface area contributed by atoms with Gasteiger partial charge in [0.25, 0.3) is 0 Å². The standard InChI is InChI=1S/C12H18N2O/c1-15-12-5-3-2-4-11(12)14-7-6-10(8-13)9-14/h2-5,10H,6-9,13H2,1H3. The Morgan fingerprint density at radius 3 is 2.93 bits per heavy atom. The summed E-state index contributed by atoms with van der Waals surface area (Å²) in [5.74, 6) is 1.59. The maximum Gasteiger partial charge on any atom is 0.142 e. The number of anilines is 1. The van der Waals surface area contributed by atoms with Crippen molar-refractivity contribution in [2.24, 2.45) is 11.7 Å². The van der Waals surface area contributed by atoms with Crippen LogP contribution in [0.2, 0.25) is 0 Å². The second-order valence-corrected chi connectivity index (χ2v) is 4.01. The molecule has 3 heteroatoms. The second kappa shape index (κ2) is 4.53. The van der Waals surface area contributed by atoms with Crippen LogP contribution in [0.15, 0.2) is 24.3 Å². The normalized spacial score (nSPS) is 20.7. The van der Waals surface area contributed by atoms with Crippen molar-refractivity contribution < 1.29 is 4.74 Å². The van der Waals surface area contributed by atoms with E-state index in [4.69, 9.17) is 10.5 Å². The van der Waals surface area contributed by atoms with Crippen LogP contribution >= 0.6 is 0 Å². The van der Waals surface area contributed by atoms with Gasteiger partial charge in [-0.15, -0.1) is 0 Å². The fourth-order valence-corrected chi connectivity index (χ4v) is 2.13. The maximum absolute atomic E-state index is 5.69. The molecule has 15 heavy (non-hydrogen) atoms. The zero-order valence-electron chi connectivity index (χ0n) is 9.15. The lowest BCUT2D eigenvalue weighted by Crippen LogP contribution is -2.22. The van der Waals surface area contributed by atoms with E-state index < -0.39 is 0 Å². The number of methoxy groups -OCH3 is 1. The first kappa shape index (κ1) is 10.3. The molecule has 0 saturated carbocycles. The van der Waals surface area contributed by atoms with Gasteiger partial charge in [-0.25, -0.2) is 0 Å². The third-order valence-corrected chi connectivity index (χ3v) is 3.05. The quantitative estimate of drug-likeness (QED) is 0.814. The molecule has 0 amide bonds. The Labute approximate surface area is 90.8 Å². The Morgan fingerprint density at radius 2 is 2.27 bits per heavy atom. The highest BCUT2D eigenvalue weighted by atomic mass is 16.5. The molecule has 3 nitrogen and oxygen atoms in total. The van der Waals surface area contributed by atoms with E-state index in [1.165, 1.54) is 12.1 Å². The lowest BCUT2D eigenvalue weighted by atomic mass is 10.1. The number of nitrogens with two attached hydrogens (primary N) is 1. The van der Waals surface area contributed by atoms with Crippen molar-refractivity contribution in [1.29, 1.82) is 0 Å². The van der Waals surface area contributed by atoms with Crippen molar-refractivity contribution in [2.75, 3.05) is 31.6 Å². The van der Waals surface area contributed by atoms with Crippen molar-refractivity contribution in [2.45, 2.75) is 6.42 Å². The summed E-state index contributed by atoms with van der Waals surface area (Å²) in [5, 5.41) is 0. The van der Waals surface area contributed by atoms with Crippen LogP contribution in [0.5, 0.6) is 5.75 Å². The third-order valence-electron chi connectivity index (χ3n) is 3.05. The zero-order valence-corrected chi connectivity index (χ0v) is 9.15. The molecule has 0 aliphatic carbocycles. The van der Waals surface area contributed by atoms with E-state index >= 15 is 0 Å². The van der Waals surface area contributed by atoms with Crippen LogP contribution < -0.4 is 15.4 Å². The minimum Gasteiger partial charge on any atom is -0.495 e. The van der Waals surface area contributed by atoms with E-state index in [0.29, 0.717) is 5.92 Å². The molecular formula is C12H18N2O. The van der Waals surface area contributed by atoms with E-state index in [1.54, 1.807) is 7.11 Å². The number of rotatable bonds is 3. The molecule has 1 aromatic carbocycles. The number of nitrogens with zero attached hydrogens (tertiary/aromatic N) is 1. The van der Waals surface area contributed by atoms with Gasteiger partial charge in [-0.2, -0.15) is 0 Å². The molecule has 2 N–H and O–H groups in total. The Bertz CT molecular complexity index is 327. The highest BCUT2D eigenvalue weighted by molar-refractivity contribution is 5.58. The van der Waals surface area contributed by atoms with Gasteiger partial charge in [-0.1, -0.05) is 12.1 Å². The molecule has 0 radical (unpaired) electrons. The largest absolute Gasteiger partial charge is 0.495 e. The van der Waals surface area contributed by atoms with Crippen molar-refractivity contribution in [3.8, 4) is 5.75 Å². The van der Waals surface area contributed by atoms with Crippen molar-refractivity contribution in [3.05, 3.63) is 24.3 Å². The van der Waals surface area contributed by atoms with Crippen LogP contribution in [0, 0.1) is 5.92 Å². The fourth-order valence-electron chi connectivity index (χ4n) is 2.13. The van der Waals surface area contributed by atoms with Crippen molar-refractivity contribution >= 4 is 5.69 Å². The summed E-state index contributed by atoms with van der Waals surface area (Å²) in [6, 6.07) is 8.16. The van der Waals surface area contributed by atoms with Crippen molar-refractivity contribution in [1.82, 2.24) is 0 Å². The number of benzene rings is 1. The molecule has 2 rings (SSSR count). The predicted octanol–water partition coefficient (Wildman–Crippen LogP) is 1.48. The monoisotopic (exact) mass is 206 g/mol. The van der Waals surface area contributed by atoms with Gasteiger partial charge in [0.2, 0.25) is 0 Å². The number of ether oxygens (including phenoxy) is 1. The summed E-state index contributed by atoms with van der Waals surface area (Å²) in [7, 11) is 1.72. The van der Waals surface area contributed by atoms with Crippen LogP contribution in [0.1, 0.15) is 6.42 Å². The smallest absolute Gasteiger partial charge is 0.142 e. The molecule has 1 aliphatic heterocycles. The first-order valence-corrected chi connectivity index (χ1v) is 5.43. The lowest BCUT2D eigenvalue weighted by Gasteiger charge is -2.20. The van der Waals surface area contributed by atoms with Crippen LogP contribution in [0.4, 0.5) is 5.69 Å². The molecule has 1 fully saturated rings. The highest BCUT2D eigenvalue weighted by Gasteiger charge is 2.23. The second-order valence-electron chi connectivity index (χ2n) is 4.01. The third kappa shape index (κ3) is 2.07. The van der Waals surface area contributed by atoms with Crippen molar-refractivity contribution in [3.63, 3.8) is 0 Å². The van der Waals surface area contributed by atoms with Gasteiger partial charge in [0.1, 0.15) is 5.75 Å². The summed E-state index contributed by atoms with van der Waals surface area (Å²) >= 11 is 0. The minimum atomic E-state index is 0.634. The summed E-state index contributed by atoms with van der Waals surface area (Å²) < 4.78 is 5.35. The van der Waals surface area contributed by atoms with E-state index in [-0.39, 0.29) is 0 Å². The molecule has 1 aromatic rings. The minimum absolute atomic E-state index is 0.634. The lowest BCUT2D eigenvalue weighted by molar-refractivity contribution is 0.414. The average molecular weight is 206 g/mol. The van der Waals surface area contributed by atoms with E-state index in [1.807, 2.05) is 18.2 Å². The molecular weight excluding hydrogens is 188 g/mol. The number of para-hydroxylation sites is 2. The van der Waals surface area contributed by atoms with E-state index in [9.17, 15) is 0 Å². The zero-order chi connectivity index (χ0) is 10.7. The summed E-state index contributed by atoms with van der Waals surface area (Å²) in [6.07, 6.45) is 1.19. The fraction of sp³-hybridized carbons (Fsp3) is 0.500. The van der Waals surface area contributed by atoms with Gasteiger partial charge in [-0.05, 0) is 31.0 Å². The topological polar surface area (TPSA) is 38.5 Å². The van der Waals surface area contributed by atoms with Crippen LogP contribution in [-0.2, 0) is 0 Å². The Balaban J connectivity index is 2.16. The molecule has 0 spiro atoms. The predicted molar refractivity (Wildman–Crippen MR) is 62.4 cm³/mol. The Kier molecular flexibility index (Phi) is 3.11. The van der Waals surface area contributed by atoms with Gasteiger partial charge < -0.3 is 15.4 Å². The van der Waals surface area contributed by atoms with Gasteiger partial charge in [0.05, 0.1) is 12.8 Å². The molecule has 82 valence electrons. The van der Waals surface area contributed by atoms with Gasteiger partial charge >= 0.3 is 0 Å². The molecule has 1 heterocycles. The van der Waals surface area contributed by atoms with Gasteiger partial charge in [-0.3, -0.25) is 0 Å². The first-order chi connectivity index (χ1) is 7.35. The average Bonchev–Trinajstić information content (AvgIpc) is 2.77. The molecule has 1 atom stereocenters. The first-order valence-electron chi connectivity index (χ1n) is 5.43. The number of hydrogen-bond donors (Lipinski definition) is 1. The highest BCUT2D eigenvalue weighted by Crippen LogP contribution is 2.31. The Morgan fingerprint density at radius 1 is 1.47 bits per heavy atom. The SMILES string of the molecule is COc1ccccc1N1CCC(CN)C1. The number of hydrogen-bond acceptors (Lipinski definition) is 3. The Hall–Kier alpha value is -1.22. The molecule has 1 unspecified atom stereocenters. The van der Waals surface area contributed by atoms with Crippen LogP contribution in [-0.4, -0.2) is 26.7 Å². The molecule has 0 aromatic heterocycles. The summed E-state index contributed by atoms with van der Waals surface area (Å²) in [4.78, 5) is 2.36. The molecule has 0 bridgehead atoms.